The van der Waals surface area contributed by atoms with Gasteiger partial charge in [0.15, 0.2) is 6.10 Å². The third-order valence-corrected chi connectivity index (χ3v) is 3.36. The molecule has 1 aliphatic rings. The van der Waals surface area contributed by atoms with E-state index in [1.54, 1.807) is 12.1 Å². The molecule has 0 spiro atoms. The summed E-state index contributed by atoms with van der Waals surface area (Å²) in [5, 5.41) is 0.687. The number of carbonyl (C=O) groups is 1. The molecule has 6 heteroatoms. The molecule has 0 saturated carbocycles. The number of hydrogen-bond donors (Lipinski definition) is 0. The Kier molecular flexibility index (Phi) is 5.64. The normalized spacial score (nSPS) is 19.6. The van der Waals surface area contributed by atoms with Gasteiger partial charge in [-0.15, -0.1) is 0 Å². The van der Waals surface area contributed by atoms with E-state index in [-0.39, 0.29) is 5.97 Å². The average Bonchev–Trinajstić information content (AvgIpc) is 2.49. The Bertz CT molecular complexity index is 437. The van der Waals surface area contributed by atoms with Crippen LogP contribution in [0.25, 0.3) is 0 Å². The van der Waals surface area contributed by atoms with Gasteiger partial charge in [0, 0.05) is 24.7 Å². The molecule has 5 nitrogen and oxygen atoms in total. The summed E-state index contributed by atoms with van der Waals surface area (Å²) in [4.78, 5) is 13.5. The van der Waals surface area contributed by atoms with E-state index >= 15 is 0 Å². The van der Waals surface area contributed by atoms with Crippen LogP contribution in [0, 0.1) is 0 Å². The molecular formula is C14H18ClNO4. The van der Waals surface area contributed by atoms with Gasteiger partial charge in [0.1, 0.15) is 12.4 Å². The summed E-state index contributed by atoms with van der Waals surface area (Å²) in [5.74, 6) is 0.459. The van der Waals surface area contributed by atoms with Crippen molar-refractivity contribution in [3.63, 3.8) is 0 Å². The first kappa shape index (κ1) is 15.1. The molecule has 0 amide bonds. The molecule has 1 aliphatic heterocycles. The molecule has 1 fully saturated rings. The maximum Gasteiger partial charge on any atom is 0.336 e. The van der Waals surface area contributed by atoms with Crippen molar-refractivity contribution in [2.24, 2.45) is 0 Å². The number of nitrogens with zero attached hydrogens (tertiary/aromatic N) is 1. The van der Waals surface area contributed by atoms with Crippen LogP contribution in [0.3, 0.4) is 0 Å². The number of esters is 1. The van der Waals surface area contributed by atoms with Crippen molar-refractivity contribution in [3.05, 3.63) is 29.3 Å². The van der Waals surface area contributed by atoms with Gasteiger partial charge in [0.05, 0.1) is 13.7 Å². The lowest BCUT2D eigenvalue weighted by Gasteiger charge is -2.31. The van der Waals surface area contributed by atoms with Gasteiger partial charge in [-0.05, 0) is 24.3 Å². The van der Waals surface area contributed by atoms with Crippen molar-refractivity contribution < 1.29 is 19.0 Å². The van der Waals surface area contributed by atoms with Crippen molar-refractivity contribution >= 4 is 17.6 Å². The Morgan fingerprint density at radius 1 is 1.45 bits per heavy atom. The van der Waals surface area contributed by atoms with Crippen molar-refractivity contribution in [3.8, 4) is 5.75 Å². The topological polar surface area (TPSA) is 48.0 Å². The molecule has 2 rings (SSSR count). The first-order valence-electron chi connectivity index (χ1n) is 6.49. The van der Waals surface area contributed by atoms with Crippen molar-refractivity contribution in [1.82, 2.24) is 4.90 Å². The molecule has 1 unspecified atom stereocenters. The first-order valence-corrected chi connectivity index (χ1v) is 6.87. The smallest absolute Gasteiger partial charge is 0.336 e. The lowest BCUT2D eigenvalue weighted by atomic mass is 10.3. The number of methoxy groups -OCH3 is 1. The molecule has 0 radical (unpaired) electrons. The van der Waals surface area contributed by atoms with Gasteiger partial charge < -0.3 is 14.2 Å². The van der Waals surface area contributed by atoms with Gasteiger partial charge in [-0.3, -0.25) is 4.90 Å². The van der Waals surface area contributed by atoms with E-state index in [9.17, 15) is 4.79 Å². The van der Waals surface area contributed by atoms with Crippen LogP contribution in [-0.4, -0.2) is 56.9 Å². The number of ether oxygens (including phenoxy) is 3. The van der Waals surface area contributed by atoms with Crippen molar-refractivity contribution in [2.45, 2.75) is 6.10 Å². The second-order valence-electron chi connectivity index (χ2n) is 4.49. The van der Waals surface area contributed by atoms with Crippen molar-refractivity contribution in [1.29, 1.82) is 0 Å². The maximum absolute atomic E-state index is 11.4. The zero-order valence-electron chi connectivity index (χ0n) is 11.4. The minimum Gasteiger partial charge on any atom is -0.492 e. The third-order valence-electron chi connectivity index (χ3n) is 3.10. The minimum atomic E-state index is -0.496. The number of morpholine rings is 1. The quantitative estimate of drug-likeness (QED) is 0.773. The summed E-state index contributed by atoms with van der Waals surface area (Å²) in [6.07, 6.45) is -0.496. The van der Waals surface area contributed by atoms with E-state index in [4.69, 9.17) is 21.1 Å². The van der Waals surface area contributed by atoms with E-state index in [1.165, 1.54) is 7.11 Å². The molecule has 0 N–H and O–H groups in total. The predicted molar refractivity (Wildman–Crippen MR) is 75.1 cm³/mol. The monoisotopic (exact) mass is 299 g/mol. The van der Waals surface area contributed by atoms with Crippen LogP contribution in [-0.2, 0) is 14.3 Å². The Hall–Kier alpha value is -1.30. The molecule has 1 atom stereocenters. The van der Waals surface area contributed by atoms with Crippen molar-refractivity contribution in [2.75, 3.05) is 40.0 Å². The third kappa shape index (κ3) is 4.37. The lowest BCUT2D eigenvalue weighted by Crippen LogP contribution is -2.47. The Morgan fingerprint density at radius 2 is 2.20 bits per heavy atom. The molecule has 0 bridgehead atoms. The van der Waals surface area contributed by atoms with E-state index in [0.717, 1.165) is 18.8 Å². The fourth-order valence-corrected chi connectivity index (χ4v) is 2.13. The molecule has 110 valence electrons. The van der Waals surface area contributed by atoms with Crippen LogP contribution < -0.4 is 4.74 Å². The molecule has 1 heterocycles. The SMILES string of the molecule is COC(=O)C1CN(CCOc2ccc(Cl)cc2)CCO1. The fourth-order valence-electron chi connectivity index (χ4n) is 2.00. The summed E-state index contributed by atoms with van der Waals surface area (Å²) >= 11 is 5.81. The van der Waals surface area contributed by atoms with Gasteiger partial charge in [-0.25, -0.2) is 4.79 Å². The van der Waals surface area contributed by atoms with Crippen LogP contribution in [0.15, 0.2) is 24.3 Å². The molecule has 0 aromatic heterocycles. The standard InChI is InChI=1S/C14H18ClNO4/c1-18-14(17)13-10-16(7-9-20-13)6-8-19-12-4-2-11(15)3-5-12/h2-5,13H,6-10H2,1H3. The molecule has 1 aromatic carbocycles. The number of carbonyl (C=O) groups excluding carboxylic acids is 1. The Balaban J connectivity index is 1.73. The molecule has 1 saturated heterocycles. The minimum absolute atomic E-state index is 0.326. The highest BCUT2D eigenvalue weighted by molar-refractivity contribution is 6.30. The average molecular weight is 300 g/mol. The van der Waals surface area contributed by atoms with E-state index < -0.39 is 6.10 Å². The van der Waals surface area contributed by atoms with E-state index in [0.29, 0.717) is 24.8 Å². The van der Waals surface area contributed by atoms with Gasteiger partial charge >= 0.3 is 5.97 Å². The summed E-state index contributed by atoms with van der Waals surface area (Å²) in [6.45, 7) is 3.14. The van der Waals surface area contributed by atoms with E-state index in [2.05, 4.69) is 9.64 Å². The summed E-state index contributed by atoms with van der Waals surface area (Å²) in [7, 11) is 1.37. The van der Waals surface area contributed by atoms with Gasteiger partial charge in [-0.2, -0.15) is 0 Å². The van der Waals surface area contributed by atoms with Gasteiger partial charge in [-0.1, -0.05) is 11.6 Å². The number of halogens is 1. The lowest BCUT2D eigenvalue weighted by molar-refractivity contribution is -0.159. The Morgan fingerprint density at radius 3 is 2.90 bits per heavy atom. The predicted octanol–water partition coefficient (Wildman–Crippen LogP) is 1.59. The fraction of sp³-hybridized carbons (Fsp3) is 0.500. The second kappa shape index (κ2) is 7.47. The summed E-state index contributed by atoms with van der Waals surface area (Å²) in [5.41, 5.74) is 0. The summed E-state index contributed by atoms with van der Waals surface area (Å²) < 4.78 is 15.7. The summed E-state index contributed by atoms with van der Waals surface area (Å²) in [6, 6.07) is 7.25. The van der Waals surface area contributed by atoms with Crippen LogP contribution in [0.5, 0.6) is 5.75 Å². The van der Waals surface area contributed by atoms with Gasteiger partial charge in [0.2, 0.25) is 0 Å². The molecule has 20 heavy (non-hydrogen) atoms. The maximum atomic E-state index is 11.4. The number of hydrogen-bond acceptors (Lipinski definition) is 5. The van der Waals surface area contributed by atoms with Crippen LogP contribution in [0.4, 0.5) is 0 Å². The second-order valence-corrected chi connectivity index (χ2v) is 4.92. The molecule has 0 aliphatic carbocycles. The van der Waals surface area contributed by atoms with E-state index in [1.807, 2.05) is 12.1 Å². The highest BCUT2D eigenvalue weighted by Crippen LogP contribution is 2.15. The highest BCUT2D eigenvalue weighted by atomic mass is 35.5. The number of rotatable bonds is 5. The molecule has 1 aromatic rings. The zero-order chi connectivity index (χ0) is 14.4. The Labute approximate surface area is 123 Å². The van der Waals surface area contributed by atoms with Crippen LogP contribution in [0.1, 0.15) is 0 Å². The van der Waals surface area contributed by atoms with Crippen LogP contribution in [0.2, 0.25) is 5.02 Å². The zero-order valence-corrected chi connectivity index (χ0v) is 12.1. The molecular weight excluding hydrogens is 282 g/mol. The largest absolute Gasteiger partial charge is 0.492 e. The van der Waals surface area contributed by atoms with Crippen LogP contribution >= 0.6 is 11.6 Å². The highest BCUT2D eigenvalue weighted by Gasteiger charge is 2.26. The number of benzene rings is 1. The first-order chi connectivity index (χ1) is 9.69. The van der Waals surface area contributed by atoms with Gasteiger partial charge in [0.25, 0.3) is 0 Å².